The summed E-state index contributed by atoms with van der Waals surface area (Å²) < 4.78 is 69.0. The van der Waals surface area contributed by atoms with Gasteiger partial charge in [-0.1, -0.05) is 6.07 Å². The van der Waals surface area contributed by atoms with E-state index in [0.29, 0.717) is 6.04 Å². The van der Waals surface area contributed by atoms with Gasteiger partial charge in [-0.15, -0.1) is 0 Å². The lowest BCUT2D eigenvalue weighted by molar-refractivity contribution is -0.193. The number of alkyl halides is 6. The number of nitrogens with one attached hydrogen (secondary N) is 1. The Labute approximate surface area is 202 Å². The molecule has 2 aliphatic heterocycles. The van der Waals surface area contributed by atoms with E-state index in [0.717, 1.165) is 30.5 Å². The summed E-state index contributed by atoms with van der Waals surface area (Å²) >= 11 is 0. The summed E-state index contributed by atoms with van der Waals surface area (Å²) in [6.45, 7) is 6.41. The molecule has 2 aliphatic rings. The zero-order valence-electron chi connectivity index (χ0n) is 19.3. The molecule has 0 saturated carbocycles. The maximum Gasteiger partial charge on any atom is 0.490 e. The smallest absolute Gasteiger partial charge is 0.475 e. The van der Waals surface area contributed by atoms with Crippen LogP contribution in [-0.4, -0.2) is 75.7 Å². The number of rotatable bonds is 3. The van der Waals surface area contributed by atoms with Crippen molar-refractivity contribution in [1.82, 2.24) is 14.9 Å². The molecule has 4 rings (SSSR count). The lowest BCUT2D eigenvalue weighted by Gasteiger charge is -2.30. The first-order chi connectivity index (χ1) is 16.7. The van der Waals surface area contributed by atoms with Gasteiger partial charge in [0.05, 0.1) is 17.1 Å². The Morgan fingerprint density at radius 2 is 1.61 bits per heavy atom. The highest BCUT2D eigenvalue weighted by molar-refractivity contribution is 5.76. The van der Waals surface area contributed by atoms with Gasteiger partial charge < -0.3 is 19.9 Å². The van der Waals surface area contributed by atoms with Crippen molar-refractivity contribution in [2.24, 2.45) is 5.92 Å². The molecule has 1 aromatic heterocycles. The van der Waals surface area contributed by atoms with E-state index in [1.807, 2.05) is 0 Å². The molecular weight excluding hydrogens is 500 g/mol. The minimum atomic E-state index is -5.08. The second-order valence-electron chi connectivity index (χ2n) is 8.46. The molecule has 3 heterocycles. The van der Waals surface area contributed by atoms with Crippen molar-refractivity contribution in [3.05, 3.63) is 29.6 Å². The van der Waals surface area contributed by atoms with Gasteiger partial charge in [0.1, 0.15) is 5.82 Å². The van der Waals surface area contributed by atoms with Crippen LogP contribution in [-0.2, 0) is 14.3 Å². The van der Waals surface area contributed by atoms with Gasteiger partial charge in [0.15, 0.2) is 0 Å². The van der Waals surface area contributed by atoms with E-state index in [1.54, 1.807) is 0 Å². The van der Waals surface area contributed by atoms with Crippen molar-refractivity contribution < 1.29 is 50.9 Å². The molecule has 1 atom stereocenters. The lowest BCUT2D eigenvalue weighted by Crippen LogP contribution is -2.32. The van der Waals surface area contributed by atoms with Crippen molar-refractivity contribution in [3.63, 3.8) is 0 Å². The summed E-state index contributed by atoms with van der Waals surface area (Å²) in [6, 6.07) is 6.93. The molecule has 2 fully saturated rings. The molecule has 0 bridgehead atoms. The molecule has 202 valence electrons. The fourth-order valence-corrected chi connectivity index (χ4v) is 3.92. The Balaban J connectivity index is 0.000000271. The standard InChI is InChI=1S/C18H25N3O.2C2HF3O2/c1-13-4-5-15-16(11-13)20-18(19-15)17-3-2-8-21(17)12-14-6-9-22-10-7-14;2*3-2(4,5)1(6)7/h4-5,11,14,17H,2-3,6-10,12H2,1H3,(H,19,20);2*(H,6,7). The number of aliphatic carboxylic acids is 2. The number of nitrogens with zero attached hydrogens (tertiary/aromatic N) is 2. The maximum absolute atomic E-state index is 10.6. The van der Waals surface area contributed by atoms with Crippen molar-refractivity contribution in [1.29, 1.82) is 0 Å². The molecule has 0 aliphatic carbocycles. The second-order valence-corrected chi connectivity index (χ2v) is 8.46. The van der Waals surface area contributed by atoms with E-state index in [9.17, 15) is 26.3 Å². The molecule has 2 saturated heterocycles. The highest BCUT2D eigenvalue weighted by Gasteiger charge is 2.39. The number of fused-ring (bicyclic) bond motifs is 1. The molecule has 1 aromatic carbocycles. The van der Waals surface area contributed by atoms with Crippen LogP contribution >= 0.6 is 0 Å². The highest BCUT2D eigenvalue weighted by Crippen LogP contribution is 2.33. The van der Waals surface area contributed by atoms with Gasteiger partial charge in [-0.3, -0.25) is 4.90 Å². The van der Waals surface area contributed by atoms with Crippen LogP contribution in [0.3, 0.4) is 0 Å². The Kier molecular flexibility index (Phi) is 10.1. The SMILES string of the molecule is Cc1ccc2nc(C3CCCN3CC3CCOCC3)[nH]c2c1.O=C(O)C(F)(F)F.O=C(O)C(F)(F)F. The molecule has 3 N–H and O–H groups in total. The van der Waals surface area contributed by atoms with Crippen LogP contribution in [0.5, 0.6) is 0 Å². The number of likely N-dealkylation sites (tertiary alicyclic amines) is 1. The van der Waals surface area contributed by atoms with Gasteiger partial charge in [0.25, 0.3) is 0 Å². The summed E-state index contributed by atoms with van der Waals surface area (Å²) in [5.41, 5.74) is 3.56. The van der Waals surface area contributed by atoms with Crippen LogP contribution in [0.4, 0.5) is 26.3 Å². The average Bonchev–Trinajstić information content (AvgIpc) is 3.40. The number of H-pyrrole nitrogens is 1. The summed E-state index contributed by atoms with van der Waals surface area (Å²) in [5, 5.41) is 14.2. The number of aromatic nitrogens is 2. The average molecular weight is 527 g/mol. The minimum Gasteiger partial charge on any atom is -0.475 e. The van der Waals surface area contributed by atoms with Gasteiger partial charge in [-0.2, -0.15) is 26.3 Å². The van der Waals surface area contributed by atoms with E-state index in [1.165, 1.54) is 49.9 Å². The molecule has 36 heavy (non-hydrogen) atoms. The Morgan fingerprint density at radius 1 is 1.06 bits per heavy atom. The normalized spacial score (nSPS) is 19.2. The number of halogens is 6. The Morgan fingerprint density at radius 3 is 2.14 bits per heavy atom. The molecule has 0 spiro atoms. The molecule has 1 unspecified atom stereocenters. The lowest BCUT2D eigenvalue weighted by atomic mass is 9.99. The molecule has 0 radical (unpaired) electrons. The third kappa shape index (κ3) is 8.97. The van der Waals surface area contributed by atoms with Crippen molar-refractivity contribution in [2.75, 3.05) is 26.3 Å². The van der Waals surface area contributed by atoms with Gasteiger partial charge >= 0.3 is 24.3 Å². The van der Waals surface area contributed by atoms with Crippen molar-refractivity contribution in [2.45, 2.75) is 51.0 Å². The summed E-state index contributed by atoms with van der Waals surface area (Å²) in [5.74, 6) is -3.56. The van der Waals surface area contributed by atoms with E-state index < -0.39 is 24.3 Å². The molecule has 14 heteroatoms. The number of imidazole rings is 1. The van der Waals surface area contributed by atoms with Crippen LogP contribution in [0.1, 0.15) is 43.1 Å². The van der Waals surface area contributed by atoms with Gasteiger partial charge in [-0.05, 0) is 62.8 Å². The molecular formula is C22H27F6N3O5. The summed E-state index contributed by atoms with van der Waals surface area (Å²) in [7, 11) is 0. The van der Waals surface area contributed by atoms with Crippen LogP contribution < -0.4 is 0 Å². The van der Waals surface area contributed by atoms with E-state index >= 15 is 0 Å². The van der Waals surface area contributed by atoms with Crippen molar-refractivity contribution >= 4 is 23.0 Å². The maximum atomic E-state index is 10.6. The first-order valence-electron chi connectivity index (χ1n) is 11.1. The number of aryl methyl sites for hydroxylation is 1. The topological polar surface area (TPSA) is 116 Å². The monoisotopic (exact) mass is 527 g/mol. The van der Waals surface area contributed by atoms with E-state index in [-0.39, 0.29) is 0 Å². The number of ether oxygens (including phenoxy) is 1. The van der Waals surface area contributed by atoms with Crippen LogP contribution in [0.15, 0.2) is 18.2 Å². The van der Waals surface area contributed by atoms with Gasteiger partial charge in [0.2, 0.25) is 0 Å². The van der Waals surface area contributed by atoms with Crippen molar-refractivity contribution in [3.8, 4) is 0 Å². The van der Waals surface area contributed by atoms with Crippen LogP contribution in [0, 0.1) is 12.8 Å². The number of hydrogen-bond acceptors (Lipinski definition) is 5. The van der Waals surface area contributed by atoms with Gasteiger partial charge in [0, 0.05) is 19.8 Å². The fourth-order valence-electron chi connectivity index (χ4n) is 3.92. The number of carboxylic acid groups (broad SMARTS) is 2. The number of aromatic amines is 1. The fraction of sp³-hybridized carbons (Fsp3) is 0.591. The summed E-state index contributed by atoms with van der Waals surface area (Å²) in [6.07, 6.45) is -5.24. The number of benzene rings is 1. The second kappa shape index (κ2) is 12.4. The zero-order valence-corrected chi connectivity index (χ0v) is 19.3. The highest BCUT2D eigenvalue weighted by atomic mass is 19.4. The zero-order chi connectivity index (χ0) is 27.1. The Bertz CT molecular complexity index is 994. The molecule has 2 aromatic rings. The first-order valence-corrected chi connectivity index (χ1v) is 11.1. The molecule has 0 amide bonds. The van der Waals surface area contributed by atoms with Crippen LogP contribution in [0.25, 0.3) is 11.0 Å². The predicted octanol–water partition coefficient (Wildman–Crippen LogP) is 4.70. The summed E-state index contributed by atoms with van der Waals surface area (Å²) in [4.78, 5) is 28.9. The van der Waals surface area contributed by atoms with E-state index in [4.69, 9.17) is 29.5 Å². The predicted molar refractivity (Wildman–Crippen MR) is 115 cm³/mol. The van der Waals surface area contributed by atoms with Crippen LogP contribution in [0.2, 0.25) is 0 Å². The van der Waals surface area contributed by atoms with Gasteiger partial charge in [-0.25, -0.2) is 14.6 Å². The largest absolute Gasteiger partial charge is 0.490 e. The Hall–Kier alpha value is -2.87. The number of carbonyl (C=O) groups is 2. The van der Waals surface area contributed by atoms with E-state index in [2.05, 4.69) is 35.0 Å². The molecule has 8 nitrogen and oxygen atoms in total. The first kappa shape index (κ1) is 29.4. The minimum absolute atomic E-state index is 0.468. The third-order valence-corrected chi connectivity index (χ3v) is 5.65. The third-order valence-electron chi connectivity index (χ3n) is 5.65. The number of hydrogen-bond donors (Lipinski definition) is 3. The quantitative estimate of drug-likeness (QED) is 0.496. The number of carboxylic acids is 2.